The number of hydrogen-bond donors (Lipinski definition) is 2. The average molecular weight is 378 g/mol. The molecule has 1 heterocycles. The van der Waals surface area contributed by atoms with Crippen LogP contribution in [0.4, 0.5) is 4.39 Å². The molecule has 11 heteroatoms. The minimum Gasteiger partial charge on any atom is -0.321 e. The van der Waals surface area contributed by atoms with Crippen molar-refractivity contribution in [2.45, 2.75) is 18.7 Å². The van der Waals surface area contributed by atoms with E-state index in [-0.39, 0.29) is 29.4 Å². The number of sulfonamides is 1. The number of nitrogens with two attached hydrogens (primary N) is 1. The van der Waals surface area contributed by atoms with E-state index < -0.39 is 33.9 Å². The van der Waals surface area contributed by atoms with Crippen LogP contribution in [0.3, 0.4) is 0 Å². The Morgan fingerprint density at radius 3 is 2.29 bits per heavy atom. The molecule has 24 heavy (non-hydrogen) atoms. The standard InChI is InChI=1S/C13H16FN2O6PS/c1-3-21-23(18,22-4-2)11-5-8-6-12(24(15,19)20)9(14)7-10(8)16-13(11)17/h5-7H,3-4H2,1-2H3,(H,16,17)(H2,15,19,20). The molecule has 0 radical (unpaired) electrons. The third kappa shape index (κ3) is 3.57. The summed E-state index contributed by atoms with van der Waals surface area (Å²) < 4.78 is 59.6. The minimum absolute atomic E-state index is 0.0215. The molecule has 0 aliphatic heterocycles. The summed E-state index contributed by atoms with van der Waals surface area (Å²) in [6, 6.07) is 2.92. The smallest absolute Gasteiger partial charge is 0.321 e. The van der Waals surface area contributed by atoms with E-state index in [2.05, 4.69) is 4.98 Å². The van der Waals surface area contributed by atoms with Crippen LogP contribution in [0.5, 0.6) is 0 Å². The summed E-state index contributed by atoms with van der Waals surface area (Å²) in [5.41, 5.74) is -0.760. The van der Waals surface area contributed by atoms with E-state index in [9.17, 15) is 22.2 Å². The molecule has 132 valence electrons. The Labute approximate surface area is 137 Å². The van der Waals surface area contributed by atoms with Crippen molar-refractivity contribution in [1.82, 2.24) is 4.98 Å². The van der Waals surface area contributed by atoms with Crippen molar-refractivity contribution >= 4 is 33.8 Å². The third-order valence-electron chi connectivity index (χ3n) is 3.08. The lowest BCUT2D eigenvalue weighted by Crippen LogP contribution is -2.29. The van der Waals surface area contributed by atoms with Crippen molar-refractivity contribution in [3.05, 3.63) is 34.4 Å². The van der Waals surface area contributed by atoms with E-state index in [0.717, 1.165) is 18.2 Å². The van der Waals surface area contributed by atoms with Gasteiger partial charge in [0.2, 0.25) is 10.0 Å². The van der Waals surface area contributed by atoms with Crippen LogP contribution in [-0.2, 0) is 23.6 Å². The summed E-state index contributed by atoms with van der Waals surface area (Å²) >= 11 is 0. The van der Waals surface area contributed by atoms with Crippen molar-refractivity contribution in [2.75, 3.05) is 13.2 Å². The van der Waals surface area contributed by atoms with Crippen molar-refractivity contribution in [2.24, 2.45) is 5.14 Å². The largest absolute Gasteiger partial charge is 0.366 e. The Bertz CT molecular complexity index is 978. The van der Waals surface area contributed by atoms with E-state index in [1.807, 2.05) is 0 Å². The predicted octanol–water partition coefficient (Wildman–Crippen LogP) is 1.21. The molecule has 0 atom stereocenters. The number of halogens is 1. The van der Waals surface area contributed by atoms with Crippen LogP contribution in [0.1, 0.15) is 13.8 Å². The molecule has 1 aromatic heterocycles. The van der Waals surface area contributed by atoms with Gasteiger partial charge in [0, 0.05) is 5.39 Å². The molecule has 0 aliphatic carbocycles. The molecule has 3 N–H and O–H groups in total. The lowest BCUT2D eigenvalue weighted by molar-refractivity contribution is 0.229. The first-order valence-electron chi connectivity index (χ1n) is 6.91. The van der Waals surface area contributed by atoms with Crippen LogP contribution >= 0.6 is 7.60 Å². The summed E-state index contributed by atoms with van der Waals surface area (Å²) in [6.07, 6.45) is 0. The minimum atomic E-state index is -4.30. The zero-order valence-electron chi connectivity index (χ0n) is 12.9. The van der Waals surface area contributed by atoms with E-state index in [0.29, 0.717) is 0 Å². The lowest BCUT2D eigenvalue weighted by Gasteiger charge is -2.16. The van der Waals surface area contributed by atoms with Crippen molar-refractivity contribution < 1.29 is 26.4 Å². The maximum Gasteiger partial charge on any atom is 0.366 e. The molecular formula is C13H16FN2O6PS. The SMILES string of the molecule is CCOP(=O)(OCC)c1cc2cc(S(N)(=O)=O)c(F)cc2[nH]c1=O. The summed E-state index contributed by atoms with van der Waals surface area (Å²) in [5.74, 6) is -1.11. The fourth-order valence-electron chi connectivity index (χ4n) is 2.13. The number of pyridine rings is 1. The van der Waals surface area contributed by atoms with Gasteiger partial charge >= 0.3 is 7.60 Å². The quantitative estimate of drug-likeness (QED) is 0.727. The molecule has 0 aliphatic rings. The zero-order chi connectivity index (χ0) is 18.1. The van der Waals surface area contributed by atoms with E-state index in [4.69, 9.17) is 14.2 Å². The predicted molar refractivity (Wildman–Crippen MR) is 86.4 cm³/mol. The molecule has 8 nitrogen and oxygen atoms in total. The molecule has 0 spiro atoms. The van der Waals surface area contributed by atoms with Gasteiger partial charge in [-0.25, -0.2) is 17.9 Å². The molecule has 1 aromatic carbocycles. The summed E-state index contributed by atoms with van der Waals surface area (Å²) in [5, 5.41) is 4.77. The normalized spacial score (nSPS) is 12.7. The first-order chi connectivity index (χ1) is 11.1. The van der Waals surface area contributed by atoms with Gasteiger partial charge in [-0.05, 0) is 32.0 Å². The number of nitrogens with one attached hydrogen (secondary N) is 1. The second-order valence-electron chi connectivity index (χ2n) is 4.73. The first kappa shape index (κ1) is 18.8. The zero-order valence-corrected chi connectivity index (χ0v) is 14.6. The molecule has 2 rings (SSSR count). The Morgan fingerprint density at radius 2 is 1.79 bits per heavy atom. The van der Waals surface area contributed by atoms with Gasteiger partial charge < -0.3 is 14.0 Å². The Morgan fingerprint density at radius 1 is 1.21 bits per heavy atom. The van der Waals surface area contributed by atoms with Crippen molar-refractivity contribution in [1.29, 1.82) is 0 Å². The van der Waals surface area contributed by atoms with Crippen LogP contribution in [0, 0.1) is 5.82 Å². The number of benzene rings is 1. The van der Waals surface area contributed by atoms with Gasteiger partial charge in [-0.1, -0.05) is 0 Å². The van der Waals surface area contributed by atoms with E-state index >= 15 is 0 Å². The summed E-state index contributed by atoms with van der Waals surface area (Å²) in [4.78, 5) is 13.8. The molecule has 0 saturated carbocycles. The van der Waals surface area contributed by atoms with Gasteiger partial charge in [0.25, 0.3) is 5.56 Å². The van der Waals surface area contributed by atoms with Crippen LogP contribution in [0.25, 0.3) is 10.9 Å². The fourth-order valence-corrected chi connectivity index (χ4v) is 4.39. The molecule has 0 amide bonds. The number of H-pyrrole nitrogens is 1. The number of primary sulfonamides is 1. The maximum atomic E-state index is 13.8. The summed E-state index contributed by atoms with van der Waals surface area (Å²) in [6.45, 7) is 3.21. The molecule has 0 fully saturated rings. The van der Waals surface area contributed by atoms with Crippen LogP contribution in [-0.4, -0.2) is 26.6 Å². The highest BCUT2D eigenvalue weighted by molar-refractivity contribution is 7.89. The lowest BCUT2D eigenvalue weighted by atomic mass is 10.2. The maximum absolute atomic E-state index is 13.8. The molecule has 2 aromatic rings. The van der Waals surface area contributed by atoms with Crippen LogP contribution in [0.2, 0.25) is 0 Å². The Hall–Kier alpha value is -1.58. The second kappa shape index (κ2) is 6.73. The molecule has 0 bridgehead atoms. The van der Waals surface area contributed by atoms with Gasteiger partial charge in [-0.15, -0.1) is 0 Å². The molecular weight excluding hydrogens is 362 g/mol. The topological polar surface area (TPSA) is 129 Å². The van der Waals surface area contributed by atoms with Gasteiger partial charge in [-0.3, -0.25) is 9.36 Å². The number of aromatic amines is 1. The third-order valence-corrected chi connectivity index (χ3v) is 6.12. The highest BCUT2D eigenvalue weighted by atomic mass is 32.2. The van der Waals surface area contributed by atoms with Crippen LogP contribution in [0.15, 0.2) is 27.9 Å². The number of rotatable bonds is 6. The van der Waals surface area contributed by atoms with Gasteiger partial charge in [0.05, 0.1) is 18.7 Å². The average Bonchev–Trinajstić information content (AvgIpc) is 2.45. The molecule has 0 unspecified atom stereocenters. The Balaban J connectivity index is 2.78. The molecule has 0 saturated heterocycles. The van der Waals surface area contributed by atoms with Gasteiger partial charge in [0.15, 0.2) is 0 Å². The monoisotopic (exact) mass is 378 g/mol. The van der Waals surface area contributed by atoms with Gasteiger partial charge in [0.1, 0.15) is 16.0 Å². The number of fused-ring (bicyclic) bond motifs is 1. The van der Waals surface area contributed by atoms with Crippen molar-refractivity contribution in [3.63, 3.8) is 0 Å². The van der Waals surface area contributed by atoms with Crippen LogP contribution < -0.4 is 16.0 Å². The van der Waals surface area contributed by atoms with Gasteiger partial charge in [-0.2, -0.15) is 0 Å². The number of hydrogen-bond acceptors (Lipinski definition) is 6. The highest BCUT2D eigenvalue weighted by Gasteiger charge is 2.30. The summed E-state index contributed by atoms with van der Waals surface area (Å²) in [7, 11) is -8.20. The first-order valence-corrected chi connectivity index (χ1v) is 10.0. The van der Waals surface area contributed by atoms with Crippen molar-refractivity contribution in [3.8, 4) is 0 Å². The fraction of sp³-hybridized carbons (Fsp3) is 0.308. The number of aromatic nitrogens is 1. The highest BCUT2D eigenvalue weighted by Crippen LogP contribution is 2.46. The van der Waals surface area contributed by atoms with E-state index in [1.54, 1.807) is 13.8 Å². The second-order valence-corrected chi connectivity index (χ2v) is 8.25. The Kier molecular flexibility index (Phi) is 5.26. The van der Waals surface area contributed by atoms with E-state index in [1.165, 1.54) is 0 Å².